The van der Waals surface area contributed by atoms with Crippen molar-refractivity contribution in [2.45, 2.75) is 6.10 Å². The lowest BCUT2D eigenvalue weighted by Gasteiger charge is -2.29. The van der Waals surface area contributed by atoms with Gasteiger partial charge in [-0.05, 0) is 13.1 Å². The van der Waals surface area contributed by atoms with Gasteiger partial charge in [0, 0.05) is 30.2 Å². The van der Waals surface area contributed by atoms with Crippen molar-refractivity contribution in [3.63, 3.8) is 0 Å². The van der Waals surface area contributed by atoms with Crippen LogP contribution in [0.15, 0.2) is 24.4 Å². The Morgan fingerprint density at radius 1 is 1.47 bits per heavy atom. The van der Waals surface area contributed by atoms with Crippen LogP contribution in [0.5, 0.6) is 0 Å². The lowest BCUT2D eigenvalue weighted by atomic mass is 10.1. The van der Waals surface area contributed by atoms with E-state index in [4.69, 9.17) is 16.3 Å². The molecule has 2 heterocycles. The van der Waals surface area contributed by atoms with Crippen LogP contribution < -0.4 is 0 Å². The molecule has 1 aromatic heterocycles. The molecule has 90 valence electrons. The Hall–Kier alpha value is -1.03. The summed E-state index contributed by atoms with van der Waals surface area (Å²) in [7, 11) is 2.12. The quantitative estimate of drug-likeness (QED) is 0.843. The molecule has 0 amide bonds. The monoisotopic (exact) mass is 250 g/mol. The number of hydrogen-bond acceptors (Lipinski definition) is 2. The summed E-state index contributed by atoms with van der Waals surface area (Å²) in [5.74, 6) is 0. The highest BCUT2D eigenvalue weighted by Crippen LogP contribution is 2.31. The van der Waals surface area contributed by atoms with Crippen molar-refractivity contribution >= 4 is 22.5 Å². The van der Waals surface area contributed by atoms with E-state index in [1.54, 1.807) is 0 Å². The standard InChI is InChI=1S/C13H15ClN2O/c1-16-5-6-17-12(8-16)10-7-15-13-9(10)3-2-4-11(13)14/h2-4,7,12,15H,5-6,8H2,1H3. The van der Waals surface area contributed by atoms with Crippen LogP contribution in [0.3, 0.4) is 0 Å². The van der Waals surface area contributed by atoms with Crippen LogP contribution in [0, 0.1) is 0 Å². The van der Waals surface area contributed by atoms with E-state index in [1.165, 1.54) is 5.56 Å². The molecule has 1 aromatic carbocycles. The van der Waals surface area contributed by atoms with E-state index >= 15 is 0 Å². The van der Waals surface area contributed by atoms with Gasteiger partial charge >= 0.3 is 0 Å². The summed E-state index contributed by atoms with van der Waals surface area (Å²) < 4.78 is 5.84. The average Bonchev–Trinajstić information content (AvgIpc) is 2.74. The number of fused-ring (bicyclic) bond motifs is 1. The minimum Gasteiger partial charge on any atom is -0.371 e. The van der Waals surface area contributed by atoms with E-state index in [1.807, 2.05) is 18.3 Å². The van der Waals surface area contributed by atoms with Gasteiger partial charge in [-0.2, -0.15) is 0 Å². The highest BCUT2D eigenvalue weighted by Gasteiger charge is 2.22. The second-order valence-corrected chi connectivity index (χ2v) is 4.94. The van der Waals surface area contributed by atoms with Gasteiger partial charge in [0.15, 0.2) is 0 Å². The number of aromatic amines is 1. The van der Waals surface area contributed by atoms with Crippen molar-refractivity contribution < 1.29 is 4.74 Å². The number of rotatable bonds is 1. The molecule has 4 heteroatoms. The first-order chi connectivity index (χ1) is 8.25. The van der Waals surface area contributed by atoms with Crippen LogP contribution in [0.2, 0.25) is 5.02 Å². The predicted molar refractivity (Wildman–Crippen MR) is 69.5 cm³/mol. The Labute approximate surface area is 105 Å². The van der Waals surface area contributed by atoms with Crippen molar-refractivity contribution in [2.24, 2.45) is 0 Å². The average molecular weight is 251 g/mol. The molecular formula is C13H15ClN2O. The van der Waals surface area contributed by atoms with E-state index in [0.29, 0.717) is 0 Å². The zero-order chi connectivity index (χ0) is 11.8. The Bertz CT molecular complexity index is 537. The summed E-state index contributed by atoms with van der Waals surface area (Å²) in [6.45, 7) is 2.72. The van der Waals surface area contributed by atoms with E-state index < -0.39 is 0 Å². The topological polar surface area (TPSA) is 28.3 Å². The van der Waals surface area contributed by atoms with Gasteiger partial charge in [-0.25, -0.2) is 0 Å². The number of ether oxygens (including phenoxy) is 1. The molecule has 0 radical (unpaired) electrons. The fourth-order valence-electron chi connectivity index (χ4n) is 2.37. The summed E-state index contributed by atoms with van der Waals surface area (Å²) in [5, 5.41) is 1.93. The number of H-pyrrole nitrogens is 1. The van der Waals surface area contributed by atoms with Crippen LogP contribution in [0.4, 0.5) is 0 Å². The van der Waals surface area contributed by atoms with Crippen molar-refractivity contribution in [1.82, 2.24) is 9.88 Å². The molecule has 0 bridgehead atoms. The third-order valence-electron chi connectivity index (χ3n) is 3.31. The number of morpholine rings is 1. The lowest BCUT2D eigenvalue weighted by Crippen LogP contribution is -2.35. The molecule has 1 fully saturated rings. The van der Waals surface area contributed by atoms with Gasteiger partial charge in [0.1, 0.15) is 0 Å². The SMILES string of the molecule is CN1CCOC(c2c[nH]c3c(Cl)cccc23)C1. The molecule has 1 aliphatic heterocycles. The van der Waals surface area contributed by atoms with Crippen LogP contribution in [-0.2, 0) is 4.74 Å². The molecule has 1 saturated heterocycles. The summed E-state index contributed by atoms with van der Waals surface area (Å²) in [4.78, 5) is 5.53. The molecule has 0 aliphatic carbocycles. The number of aromatic nitrogens is 1. The summed E-state index contributed by atoms with van der Waals surface area (Å²) in [5.41, 5.74) is 2.20. The van der Waals surface area contributed by atoms with Crippen molar-refractivity contribution in [3.8, 4) is 0 Å². The van der Waals surface area contributed by atoms with Crippen molar-refractivity contribution in [2.75, 3.05) is 26.7 Å². The maximum atomic E-state index is 6.16. The minimum absolute atomic E-state index is 0.140. The van der Waals surface area contributed by atoms with Crippen molar-refractivity contribution in [3.05, 3.63) is 35.0 Å². The molecule has 0 spiro atoms. The van der Waals surface area contributed by atoms with Crippen LogP contribution in [-0.4, -0.2) is 36.6 Å². The first-order valence-corrected chi connectivity index (χ1v) is 6.19. The summed E-state index contributed by atoms with van der Waals surface area (Å²) in [6, 6.07) is 5.97. The molecule has 17 heavy (non-hydrogen) atoms. The van der Waals surface area contributed by atoms with E-state index in [0.717, 1.165) is 35.6 Å². The lowest BCUT2D eigenvalue weighted by molar-refractivity contribution is -0.0201. The number of hydrogen-bond donors (Lipinski definition) is 1. The number of nitrogens with one attached hydrogen (secondary N) is 1. The number of halogens is 1. The Kier molecular flexibility index (Phi) is 2.82. The molecule has 1 unspecified atom stereocenters. The number of likely N-dealkylation sites (N-methyl/N-ethyl adjacent to an activating group) is 1. The van der Waals surface area contributed by atoms with Crippen molar-refractivity contribution in [1.29, 1.82) is 0 Å². The maximum Gasteiger partial charge on any atom is 0.0972 e. The smallest absolute Gasteiger partial charge is 0.0972 e. The fraction of sp³-hybridized carbons (Fsp3) is 0.385. The van der Waals surface area contributed by atoms with Crippen LogP contribution in [0.25, 0.3) is 10.9 Å². The van der Waals surface area contributed by atoms with Gasteiger partial charge in [-0.3, -0.25) is 0 Å². The van der Waals surface area contributed by atoms with Gasteiger partial charge in [0.2, 0.25) is 0 Å². The Morgan fingerprint density at radius 3 is 3.18 bits per heavy atom. The van der Waals surface area contributed by atoms with Gasteiger partial charge < -0.3 is 14.6 Å². The Morgan fingerprint density at radius 2 is 2.35 bits per heavy atom. The highest BCUT2D eigenvalue weighted by molar-refractivity contribution is 6.35. The summed E-state index contributed by atoms with van der Waals surface area (Å²) in [6.07, 6.45) is 2.15. The normalized spacial score (nSPS) is 22.1. The second kappa shape index (κ2) is 4.33. The molecular weight excluding hydrogens is 236 g/mol. The molecule has 2 aromatic rings. The first kappa shape index (κ1) is 11.1. The van der Waals surface area contributed by atoms with Gasteiger partial charge in [0.05, 0.1) is 23.3 Å². The maximum absolute atomic E-state index is 6.16. The van der Waals surface area contributed by atoms with Crippen LogP contribution in [0.1, 0.15) is 11.7 Å². The first-order valence-electron chi connectivity index (χ1n) is 5.81. The zero-order valence-electron chi connectivity index (χ0n) is 9.74. The van der Waals surface area contributed by atoms with Gasteiger partial charge in [0.25, 0.3) is 0 Å². The van der Waals surface area contributed by atoms with Gasteiger partial charge in [-0.15, -0.1) is 0 Å². The molecule has 0 saturated carbocycles. The molecule has 1 atom stereocenters. The van der Waals surface area contributed by atoms with E-state index in [9.17, 15) is 0 Å². The molecule has 3 rings (SSSR count). The highest BCUT2D eigenvalue weighted by atomic mass is 35.5. The molecule has 1 aliphatic rings. The fourth-order valence-corrected chi connectivity index (χ4v) is 2.60. The minimum atomic E-state index is 0.140. The zero-order valence-corrected chi connectivity index (χ0v) is 10.5. The summed E-state index contributed by atoms with van der Waals surface area (Å²) >= 11 is 6.16. The number of benzene rings is 1. The molecule has 1 N–H and O–H groups in total. The van der Waals surface area contributed by atoms with Gasteiger partial charge in [-0.1, -0.05) is 23.7 Å². The third-order valence-corrected chi connectivity index (χ3v) is 3.63. The number of nitrogens with zero attached hydrogens (tertiary/aromatic N) is 1. The van der Waals surface area contributed by atoms with E-state index in [2.05, 4.69) is 23.0 Å². The number of para-hydroxylation sites is 1. The third kappa shape index (κ3) is 1.95. The second-order valence-electron chi connectivity index (χ2n) is 4.53. The largest absolute Gasteiger partial charge is 0.371 e. The predicted octanol–water partition coefficient (Wildman–Crippen LogP) is 2.82. The molecule has 3 nitrogen and oxygen atoms in total. The Balaban J connectivity index is 2.02. The van der Waals surface area contributed by atoms with Crippen LogP contribution >= 0.6 is 11.6 Å². The van der Waals surface area contributed by atoms with E-state index in [-0.39, 0.29) is 6.10 Å².